The highest BCUT2D eigenvalue weighted by molar-refractivity contribution is 7.22. The van der Waals surface area contributed by atoms with E-state index in [1.54, 1.807) is 59.0 Å². The maximum Gasteiger partial charge on any atom is 0.307 e. The van der Waals surface area contributed by atoms with Crippen LogP contribution in [0.3, 0.4) is 0 Å². The summed E-state index contributed by atoms with van der Waals surface area (Å²) in [6, 6.07) is 12.7. The van der Waals surface area contributed by atoms with Crippen LogP contribution >= 0.6 is 11.3 Å². The molecular weight excluding hydrogens is 684 g/mol. The number of benzene rings is 1. The van der Waals surface area contributed by atoms with E-state index in [4.69, 9.17) is 19.6 Å². The van der Waals surface area contributed by atoms with Crippen molar-refractivity contribution in [2.75, 3.05) is 26.2 Å². The summed E-state index contributed by atoms with van der Waals surface area (Å²) in [5, 5.41) is 12.3. The third-order valence-corrected chi connectivity index (χ3v) is 9.99. The number of esters is 1. The number of carboxylic acid groups (broad SMARTS) is 1. The molecule has 0 amide bonds. The van der Waals surface area contributed by atoms with Gasteiger partial charge < -0.3 is 19.9 Å². The van der Waals surface area contributed by atoms with Crippen LogP contribution in [0.1, 0.15) is 71.4 Å². The zero-order valence-corrected chi connectivity index (χ0v) is 31.4. The van der Waals surface area contributed by atoms with Crippen LogP contribution in [-0.4, -0.2) is 69.5 Å². The number of carboxylic acids is 1. The highest BCUT2D eigenvalue weighted by Crippen LogP contribution is 2.39. The van der Waals surface area contributed by atoms with Crippen LogP contribution in [0.4, 0.5) is 4.39 Å². The third-order valence-electron chi connectivity index (χ3n) is 8.83. The molecule has 4 aromatic rings. The number of hydrogen-bond donors (Lipinski definition) is 2. The van der Waals surface area contributed by atoms with E-state index < -0.39 is 29.3 Å². The number of aromatic nitrogens is 2. The van der Waals surface area contributed by atoms with Crippen molar-refractivity contribution in [3.63, 3.8) is 0 Å². The van der Waals surface area contributed by atoms with Crippen molar-refractivity contribution in [2.24, 2.45) is 17.8 Å². The fourth-order valence-corrected chi connectivity index (χ4v) is 6.93. The largest absolute Gasteiger partial charge is 0.481 e. The van der Waals surface area contributed by atoms with Gasteiger partial charge in [0.05, 0.1) is 33.1 Å². The Morgan fingerprint density at radius 2 is 1.75 bits per heavy atom. The van der Waals surface area contributed by atoms with E-state index in [2.05, 4.69) is 21.3 Å². The van der Waals surface area contributed by atoms with Crippen LogP contribution in [0, 0.1) is 23.6 Å². The number of aliphatic carboxylic acids is 1. The predicted octanol–water partition coefficient (Wildman–Crippen LogP) is 7.68. The van der Waals surface area contributed by atoms with Crippen LogP contribution in [-0.2, 0) is 32.1 Å². The maximum absolute atomic E-state index is 14.9. The van der Waals surface area contributed by atoms with Gasteiger partial charge in [0.2, 0.25) is 0 Å². The SMILES string of the molecule is CC(C)[C@H](CC(=O)OC(C)(C)C)C(=O)O.O=C(Cc1ccc(Oc2ccnc3cc(-c4ccc(CN5CCNCC5)cn4)sc23)c(F)c1)CC1CC1. The molecule has 2 fully saturated rings. The third kappa shape index (κ3) is 11.6. The van der Waals surface area contributed by atoms with E-state index in [-0.39, 0.29) is 30.3 Å². The molecule has 0 spiro atoms. The summed E-state index contributed by atoms with van der Waals surface area (Å²) in [5.74, 6) is -1.23. The van der Waals surface area contributed by atoms with Gasteiger partial charge >= 0.3 is 11.9 Å². The minimum Gasteiger partial charge on any atom is -0.481 e. The summed E-state index contributed by atoms with van der Waals surface area (Å²) in [4.78, 5) is 47.0. The Balaban J connectivity index is 0.000000297. The lowest BCUT2D eigenvalue weighted by Gasteiger charge is -2.27. The predicted molar refractivity (Wildman–Crippen MR) is 200 cm³/mol. The molecular formula is C40H49FN4O6S. The Labute approximate surface area is 308 Å². The van der Waals surface area contributed by atoms with Crippen molar-refractivity contribution in [3.8, 4) is 22.1 Å². The lowest BCUT2D eigenvalue weighted by atomic mass is 9.93. The van der Waals surface area contributed by atoms with Gasteiger partial charge in [-0.15, -0.1) is 11.3 Å². The van der Waals surface area contributed by atoms with Gasteiger partial charge in [0, 0.05) is 64.0 Å². The minimum atomic E-state index is -0.948. The fraction of sp³-hybridized carbons (Fsp3) is 0.475. The molecule has 0 unspecified atom stereocenters. The lowest BCUT2D eigenvalue weighted by Crippen LogP contribution is -2.42. The Kier molecular flexibility index (Phi) is 13.1. The van der Waals surface area contributed by atoms with E-state index in [1.165, 1.54) is 23.0 Å². The number of nitrogens with zero attached hydrogens (tertiary/aromatic N) is 3. The molecule has 52 heavy (non-hydrogen) atoms. The summed E-state index contributed by atoms with van der Waals surface area (Å²) in [5.41, 5.74) is 2.98. The van der Waals surface area contributed by atoms with Crippen molar-refractivity contribution in [1.29, 1.82) is 0 Å². The number of piperazine rings is 1. The van der Waals surface area contributed by atoms with Gasteiger partial charge in [-0.05, 0) is 80.8 Å². The van der Waals surface area contributed by atoms with Crippen LogP contribution in [0.25, 0.3) is 20.8 Å². The number of pyridine rings is 2. The highest BCUT2D eigenvalue weighted by atomic mass is 32.1. The highest BCUT2D eigenvalue weighted by Gasteiger charge is 2.27. The first-order chi connectivity index (χ1) is 24.7. The lowest BCUT2D eigenvalue weighted by molar-refractivity contribution is -0.160. The van der Waals surface area contributed by atoms with Crippen LogP contribution < -0.4 is 10.1 Å². The van der Waals surface area contributed by atoms with Gasteiger partial charge in [0.25, 0.3) is 0 Å². The van der Waals surface area contributed by atoms with Crippen molar-refractivity contribution in [3.05, 3.63) is 71.8 Å². The first kappa shape index (κ1) is 39.0. The number of ether oxygens (including phenoxy) is 2. The molecule has 0 bridgehead atoms. The zero-order chi connectivity index (χ0) is 37.4. The number of hydrogen-bond acceptors (Lipinski definition) is 10. The minimum absolute atomic E-state index is 0.0652. The number of rotatable bonds is 13. The van der Waals surface area contributed by atoms with Crippen molar-refractivity contribution in [2.45, 2.75) is 78.9 Å². The Bertz CT molecular complexity index is 1850. The smallest absolute Gasteiger partial charge is 0.307 e. The second-order valence-corrected chi connectivity index (χ2v) is 16.0. The summed E-state index contributed by atoms with van der Waals surface area (Å²) < 4.78 is 26.8. The number of Topliss-reactive ketones (excluding diaryl/α,β-unsaturated/α-hetero) is 1. The average Bonchev–Trinajstić information content (AvgIpc) is 3.78. The van der Waals surface area contributed by atoms with Crippen LogP contribution in [0.2, 0.25) is 0 Å². The molecule has 1 aliphatic heterocycles. The molecule has 6 rings (SSSR count). The van der Waals surface area contributed by atoms with E-state index in [0.717, 1.165) is 66.4 Å². The van der Waals surface area contributed by atoms with Gasteiger partial charge in [-0.1, -0.05) is 26.0 Å². The van der Waals surface area contributed by atoms with Gasteiger partial charge in [-0.2, -0.15) is 0 Å². The second kappa shape index (κ2) is 17.5. The van der Waals surface area contributed by atoms with Crippen molar-refractivity contribution >= 4 is 39.3 Å². The number of fused-ring (bicyclic) bond motifs is 1. The quantitative estimate of drug-likeness (QED) is 0.132. The molecule has 0 radical (unpaired) electrons. The number of halogens is 1. The Morgan fingerprint density at radius 1 is 1.02 bits per heavy atom. The van der Waals surface area contributed by atoms with Gasteiger partial charge in [-0.25, -0.2) is 4.39 Å². The first-order valence-electron chi connectivity index (χ1n) is 17.9. The molecule has 12 heteroatoms. The summed E-state index contributed by atoms with van der Waals surface area (Å²) in [7, 11) is 0. The second-order valence-electron chi connectivity index (χ2n) is 14.9. The normalized spacial score (nSPS) is 15.5. The average molecular weight is 733 g/mol. The summed E-state index contributed by atoms with van der Waals surface area (Å²) in [6.45, 7) is 13.9. The number of ketones is 1. The summed E-state index contributed by atoms with van der Waals surface area (Å²) >= 11 is 1.53. The van der Waals surface area contributed by atoms with Gasteiger partial charge in [-0.3, -0.25) is 29.3 Å². The molecule has 1 saturated carbocycles. The molecule has 278 valence electrons. The standard InChI is InChI=1S/C29H29FN4O2S.C11H20O4/c30-23-15-20(14-22(35)13-19-1-2-19)4-6-26(23)36-27-7-8-32-25-16-28(37-29(25)27)24-5-3-21(17-33-24)18-34-11-9-31-10-12-34;1-7(2)8(10(13)14)6-9(12)15-11(3,4)5/h3-8,15-17,19,31H,1-2,9-14,18H2;7-8H,6H2,1-5H3,(H,13,14)/t;8-/m.0/s1. The van der Waals surface area contributed by atoms with Crippen molar-refractivity contribution < 1.29 is 33.4 Å². The molecule has 2 N–H and O–H groups in total. The zero-order valence-electron chi connectivity index (χ0n) is 30.6. The van der Waals surface area contributed by atoms with Gasteiger partial charge in [0.1, 0.15) is 17.1 Å². The molecule has 1 aromatic carbocycles. The van der Waals surface area contributed by atoms with E-state index in [1.807, 2.05) is 18.3 Å². The van der Waals surface area contributed by atoms with E-state index in [9.17, 15) is 18.8 Å². The molecule has 1 aliphatic carbocycles. The topological polar surface area (TPSA) is 131 Å². The molecule has 2 aliphatic rings. The fourth-order valence-electron chi connectivity index (χ4n) is 5.88. The van der Waals surface area contributed by atoms with E-state index in [0.29, 0.717) is 23.7 Å². The number of nitrogens with one attached hydrogen (secondary N) is 1. The molecule has 3 aromatic heterocycles. The number of carbonyl (C=O) groups excluding carboxylic acids is 2. The number of thiophene rings is 1. The molecule has 1 atom stereocenters. The van der Waals surface area contributed by atoms with E-state index >= 15 is 0 Å². The monoisotopic (exact) mass is 732 g/mol. The number of carbonyl (C=O) groups is 3. The van der Waals surface area contributed by atoms with Crippen molar-refractivity contribution in [1.82, 2.24) is 20.2 Å². The molecule has 10 nitrogen and oxygen atoms in total. The molecule has 1 saturated heterocycles. The maximum atomic E-state index is 14.9. The summed E-state index contributed by atoms with van der Waals surface area (Å²) in [6.07, 6.45) is 6.68. The first-order valence-corrected chi connectivity index (χ1v) is 18.7. The van der Waals surface area contributed by atoms with Crippen LogP contribution in [0.5, 0.6) is 11.5 Å². The Hall–Kier alpha value is -4.26. The molecule has 4 heterocycles. The Morgan fingerprint density at radius 3 is 2.37 bits per heavy atom. The van der Waals surface area contributed by atoms with Crippen LogP contribution in [0.15, 0.2) is 54.9 Å². The van der Waals surface area contributed by atoms with Gasteiger partial charge in [0.15, 0.2) is 11.6 Å².